The molecule has 1 aromatic rings. The Morgan fingerprint density at radius 2 is 1.86 bits per heavy atom. The van der Waals surface area contributed by atoms with E-state index in [2.05, 4.69) is 23.7 Å². The van der Waals surface area contributed by atoms with Crippen molar-refractivity contribution >= 4 is 41.5 Å². The van der Waals surface area contributed by atoms with Crippen LogP contribution in [0.2, 0.25) is 5.02 Å². The monoisotopic (exact) mass is 423 g/mol. The molecule has 0 amide bonds. The average Bonchev–Trinajstić information content (AvgIpc) is 2.46. The van der Waals surface area contributed by atoms with Crippen LogP contribution in [-0.4, -0.2) is 43.7 Å². The normalized spacial score (nSPS) is 16.5. The van der Waals surface area contributed by atoms with Gasteiger partial charge in [0.2, 0.25) is 0 Å². The zero-order valence-corrected chi connectivity index (χ0v) is 15.6. The van der Waals surface area contributed by atoms with E-state index in [4.69, 9.17) is 22.1 Å². The first-order chi connectivity index (χ1) is 9.49. The molecule has 1 aliphatic rings. The van der Waals surface area contributed by atoms with Crippen molar-refractivity contribution in [3.8, 4) is 0 Å². The summed E-state index contributed by atoms with van der Waals surface area (Å²) in [5.74, 6) is 0.607. The van der Waals surface area contributed by atoms with Crippen molar-refractivity contribution in [3.63, 3.8) is 0 Å². The highest BCUT2D eigenvalue weighted by Crippen LogP contribution is 2.25. The van der Waals surface area contributed by atoms with Crippen LogP contribution in [0, 0.1) is 0 Å². The number of guanidine groups is 1. The van der Waals surface area contributed by atoms with Crippen molar-refractivity contribution in [1.82, 2.24) is 4.90 Å². The standard InChI is InChI=1S/C15H22ClN3O.HI/c1-15(2,12-3-5-13(16)6-4-12)11-18-14(17)19-7-9-20-10-8-19;/h3-6H,7-11H2,1-2H3,(H2,17,18);1H. The summed E-state index contributed by atoms with van der Waals surface area (Å²) in [7, 11) is 0. The first-order valence-electron chi connectivity index (χ1n) is 6.88. The Kier molecular flexibility index (Phi) is 7.23. The lowest BCUT2D eigenvalue weighted by molar-refractivity contribution is 0.0674. The molecule has 2 N–H and O–H groups in total. The molecule has 0 atom stereocenters. The van der Waals surface area contributed by atoms with Crippen LogP contribution >= 0.6 is 35.6 Å². The quantitative estimate of drug-likeness (QED) is 0.462. The minimum Gasteiger partial charge on any atom is -0.378 e. The van der Waals surface area contributed by atoms with Crippen molar-refractivity contribution < 1.29 is 4.74 Å². The number of aliphatic imine (C=N–C) groups is 1. The summed E-state index contributed by atoms with van der Waals surface area (Å²) in [4.78, 5) is 6.62. The molecule has 0 spiro atoms. The minimum atomic E-state index is -0.0680. The predicted molar refractivity (Wildman–Crippen MR) is 98.8 cm³/mol. The fraction of sp³-hybridized carbons (Fsp3) is 0.533. The lowest BCUT2D eigenvalue weighted by Gasteiger charge is -2.29. The van der Waals surface area contributed by atoms with Gasteiger partial charge in [-0.1, -0.05) is 37.6 Å². The fourth-order valence-corrected chi connectivity index (χ4v) is 2.29. The maximum Gasteiger partial charge on any atom is 0.191 e. The van der Waals surface area contributed by atoms with Crippen molar-refractivity contribution in [2.24, 2.45) is 10.7 Å². The highest BCUT2D eigenvalue weighted by molar-refractivity contribution is 14.0. The molecular formula is C15H23ClIN3O. The topological polar surface area (TPSA) is 50.8 Å². The largest absolute Gasteiger partial charge is 0.378 e. The molecule has 21 heavy (non-hydrogen) atoms. The second-order valence-electron chi connectivity index (χ2n) is 5.66. The van der Waals surface area contributed by atoms with Crippen molar-refractivity contribution in [2.75, 3.05) is 32.8 Å². The lowest BCUT2D eigenvalue weighted by Crippen LogP contribution is -2.45. The smallest absolute Gasteiger partial charge is 0.191 e. The van der Waals surface area contributed by atoms with Gasteiger partial charge in [-0.3, -0.25) is 4.99 Å². The molecule has 0 radical (unpaired) electrons. The third-order valence-electron chi connectivity index (χ3n) is 3.60. The van der Waals surface area contributed by atoms with E-state index < -0.39 is 0 Å². The Hall–Kier alpha value is -0.530. The summed E-state index contributed by atoms with van der Waals surface area (Å²) < 4.78 is 5.31. The zero-order chi connectivity index (χ0) is 14.6. The van der Waals surface area contributed by atoms with Gasteiger partial charge in [-0.15, -0.1) is 24.0 Å². The van der Waals surface area contributed by atoms with E-state index in [1.54, 1.807) is 0 Å². The van der Waals surface area contributed by atoms with E-state index in [1.165, 1.54) is 5.56 Å². The SMILES string of the molecule is CC(C)(CN=C(N)N1CCOCC1)c1ccc(Cl)cc1.I. The summed E-state index contributed by atoms with van der Waals surface area (Å²) in [5, 5.41) is 0.751. The van der Waals surface area contributed by atoms with E-state index in [9.17, 15) is 0 Å². The molecule has 0 unspecified atom stereocenters. The van der Waals surface area contributed by atoms with Crippen LogP contribution in [0.4, 0.5) is 0 Å². The Bertz CT molecular complexity index is 470. The van der Waals surface area contributed by atoms with E-state index in [0.717, 1.165) is 31.3 Å². The summed E-state index contributed by atoms with van der Waals surface area (Å²) in [6.45, 7) is 8.04. The number of nitrogens with zero attached hydrogens (tertiary/aromatic N) is 2. The number of rotatable bonds is 3. The molecule has 0 saturated carbocycles. The molecule has 118 valence electrons. The third kappa shape index (κ3) is 5.30. The average molecular weight is 424 g/mol. The van der Waals surface area contributed by atoms with Crippen molar-refractivity contribution in [2.45, 2.75) is 19.3 Å². The molecule has 6 heteroatoms. The van der Waals surface area contributed by atoms with Gasteiger partial charge in [-0.05, 0) is 17.7 Å². The Balaban J connectivity index is 0.00000220. The van der Waals surface area contributed by atoms with E-state index in [-0.39, 0.29) is 29.4 Å². The molecule has 1 saturated heterocycles. The van der Waals surface area contributed by atoms with E-state index in [0.29, 0.717) is 12.5 Å². The summed E-state index contributed by atoms with van der Waals surface area (Å²) in [6, 6.07) is 7.91. The van der Waals surface area contributed by atoms with Gasteiger partial charge in [0.1, 0.15) is 0 Å². The van der Waals surface area contributed by atoms with Crippen LogP contribution in [0.25, 0.3) is 0 Å². The first kappa shape index (κ1) is 18.5. The highest BCUT2D eigenvalue weighted by Gasteiger charge is 2.21. The highest BCUT2D eigenvalue weighted by atomic mass is 127. The number of hydrogen-bond donors (Lipinski definition) is 1. The number of hydrogen-bond acceptors (Lipinski definition) is 2. The molecular weight excluding hydrogens is 401 g/mol. The van der Waals surface area contributed by atoms with Gasteiger partial charge in [0.15, 0.2) is 5.96 Å². The molecule has 2 rings (SSSR count). The van der Waals surface area contributed by atoms with Gasteiger partial charge in [-0.2, -0.15) is 0 Å². The second kappa shape index (κ2) is 8.19. The number of ether oxygens (including phenoxy) is 1. The van der Waals surface area contributed by atoms with Gasteiger partial charge in [0, 0.05) is 23.5 Å². The van der Waals surface area contributed by atoms with Crippen LogP contribution in [-0.2, 0) is 10.2 Å². The van der Waals surface area contributed by atoms with Crippen LogP contribution in [0.3, 0.4) is 0 Å². The van der Waals surface area contributed by atoms with Crippen molar-refractivity contribution in [3.05, 3.63) is 34.9 Å². The Morgan fingerprint density at radius 1 is 1.29 bits per heavy atom. The van der Waals surface area contributed by atoms with Crippen molar-refractivity contribution in [1.29, 1.82) is 0 Å². The zero-order valence-electron chi connectivity index (χ0n) is 12.5. The van der Waals surface area contributed by atoms with Gasteiger partial charge in [0.25, 0.3) is 0 Å². The van der Waals surface area contributed by atoms with Gasteiger partial charge in [-0.25, -0.2) is 0 Å². The molecule has 1 fully saturated rings. The predicted octanol–water partition coefficient (Wildman–Crippen LogP) is 2.88. The first-order valence-corrected chi connectivity index (χ1v) is 7.25. The number of halogens is 2. The number of morpholine rings is 1. The molecule has 1 heterocycles. The maximum absolute atomic E-state index is 6.06. The van der Waals surface area contributed by atoms with Crippen LogP contribution in [0.1, 0.15) is 19.4 Å². The van der Waals surface area contributed by atoms with E-state index >= 15 is 0 Å². The van der Waals surface area contributed by atoms with Crippen LogP contribution in [0.15, 0.2) is 29.3 Å². The van der Waals surface area contributed by atoms with Gasteiger partial charge < -0.3 is 15.4 Å². The fourth-order valence-electron chi connectivity index (χ4n) is 2.16. The van der Waals surface area contributed by atoms with Crippen LogP contribution < -0.4 is 5.73 Å². The second-order valence-corrected chi connectivity index (χ2v) is 6.10. The molecule has 0 bridgehead atoms. The van der Waals surface area contributed by atoms with Gasteiger partial charge >= 0.3 is 0 Å². The van der Waals surface area contributed by atoms with Crippen LogP contribution in [0.5, 0.6) is 0 Å². The summed E-state index contributed by atoms with van der Waals surface area (Å²) in [5.41, 5.74) is 7.20. The molecule has 1 aromatic carbocycles. The summed E-state index contributed by atoms with van der Waals surface area (Å²) >= 11 is 5.92. The maximum atomic E-state index is 6.06. The lowest BCUT2D eigenvalue weighted by atomic mass is 9.85. The molecule has 0 aromatic heterocycles. The Labute approximate surface area is 148 Å². The molecule has 1 aliphatic heterocycles. The number of benzene rings is 1. The molecule has 0 aliphatic carbocycles. The number of nitrogens with two attached hydrogens (primary N) is 1. The minimum absolute atomic E-state index is 0. The van der Waals surface area contributed by atoms with Gasteiger partial charge in [0.05, 0.1) is 19.8 Å². The third-order valence-corrected chi connectivity index (χ3v) is 3.85. The summed E-state index contributed by atoms with van der Waals surface area (Å²) in [6.07, 6.45) is 0. The van der Waals surface area contributed by atoms with E-state index in [1.807, 2.05) is 24.3 Å². The molecule has 4 nitrogen and oxygen atoms in total. The Morgan fingerprint density at radius 3 is 2.43 bits per heavy atom.